The zero-order valence-electron chi connectivity index (χ0n) is 19.0. The SMILES string of the molecule is CCCCCCCCCCCCCC=CCCCOS(=O)(=O)c1ccc([N+](=O)[O-])cc1. The van der Waals surface area contributed by atoms with Crippen molar-refractivity contribution < 1.29 is 17.5 Å². The molecule has 31 heavy (non-hydrogen) atoms. The van der Waals surface area contributed by atoms with E-state index in [1.54, 1.807) is 0 Å². The number of nitrogens with zero attached hydrogens (tertiary/aromatic N) is 1. The predicted octanol–water partition coefficient (Wildman–Crippen LogP) is 7.34. The molecule has 0 aliphatic rings. The van der Waals surface area contributed by atoms with E-state index in [-0.39, 0.29) is 17.2 Å². The molecule has 0 saturated heterocycles. The van der Waals surface area contributed by atoms with E-state index < -0.39 is 15.0 Å². The molecule has 0 spiro atoms. The number of benzene rings is 1. The molecule has 0 atom stereocenters. The molecule has 0 fully saturated rings. The molecule has 0 N–H and O–H groups in total. The predicted molar refractivity (Wildman–Crippen MR) is 126 cm³/mol. The van der Waals surface area contributed by atoms with Gasteiger partial charge in [0.2, 0.25) is 0 Å². The van der Waals surface area contributed by atoms with Gasteiger partial charge in [-0.15, -0.1) is 0 Å². The van der Waals surface area contributed by atoms with Crippen LogP contribution >= 0.6 is 0 Å². The van der Waals surface area contributed by atoms with Gasteiger partial charge in [-0.3, -0.25) is 14.3 Å². The Balaban J connectivity index is 2.00. The summed E-state index contributed by atoms with van der Waals surface area (Å²) >= 11 is 0. The second kappa shape index (κ2) is 16.9. The molecule has 0 saturated carbocycles. The summed E-state index contributed by atoms with van der Waals surface area (Å²) < 4.78 is 29.1. The highest BCUT2D eigenvalue weighted by Gasteiger charge is 2.16. The van der Waals surface area contributed by atoms with Gasteiger partial charge in [-0.25, -0.2) is 0 Å². The Morgan fingerprint density at radius 3 is 1.81 bits per heavy atom. The molecule has 0 radical (unpaired) electrons. The van der Waals surface area contributed by atoms with E-state index in [2.05, 4.69) is 19.1 Å². The van der Waals surface area contributed by atoms with Crippen LogP contribution in [0.1, 0.15) is 96.8 Å². The molecule has 1 aromatic rings. The minimum Gasteiger partial charge on any atom is -0.266 e. The number of allylic oxidation sites excluding steroid dienone is 2. The Hall–Kier alpha value is -1.73. The van der Waals surface area contributed by atoms with Crippen molar-refractivity contribution >= 4 is 15.8 Å². The van der Waals surface area contributed by atoms with Crippen LogP contribution in [0.2, 0.25) is 0 Å². The summed E-state index contributed by atoms with van der Waals surface area (Å²) in [5.41, 5.74) is -0.151. The molecule has 1 aromatic carbocycles. The van der Waals surface area contributed by atoms with Crippen LogP contribution in [0, 0.1) is 10.1 Å². The number of nitro benzene ring substituents is 1. The summed E-state index contributed by atoms with van der Waals surface area (Å²) in [5, 5.41) is 10.6. The third-order valence-corrected chi connectivity index (χ3v) is 6.56. The van der Waals surface area contributed by atoms with Crippen molar-refractivity contribution in [2.75, 3.05) is 6.61 Å². The molecule has 0 aliphatic heterocycles. The Morgan fingerprint density at radius 1 is 0.806 bits per heavy atom. The lowest BCUT2D eigenvalue weighted by molar-refractivity contribution is -0.384. The highest BCUT2D eigenvalue weighted by atomic mass is 32.2. The van der Waals surface area contributed by atoms with E-state index in [0.717, 1.165) is 25.0 Å². The summed E-state index contributed by atoms with van der Waals surface area (Å²) in [6, 6.07) is 4.71. The average molecular weight is 454 g/mol. The maximum atomic E-state index is 12.1. The molecular formula is C24H39NO5S. The molecule has 0 aromatic heterocycles. The standard InChI is InChI=1S/C24H39NO5S/c1-2-3-4-5-6-7-8-9-10-11-12-13-14-15-16-17-22-30-31(28,29)24-20-18-23(19-21-24)25(26)27/h14-15,18-21H,2-13,16-17,22H2,1H3. The highest BCUT2D eigenvalue weighted by molar-refractivity contribution is 7.86. The average Bonchev–Trinajstić information content (AvgIpc) is 2.76. The first-order chi connectivity index (χ1) is 15.0. The number of unbranched alkanes of at least 4 members (excludes halogenated alkanes) is 12. The molecule has 7 heteroatoms. The fraction of sp³-hybridized carbons (Fsp3) is 0.667. The third kappa shape index (κ3) is 13.3. The Kier molecular flexibility index (Phi) is 14.9. The van der Waals surface area contributed by atoms with Crippen LogP contribution in [-0.4, -0.2) is 19.9 Å². The quantitative estimate of drug-likeness (QED) is 0.0719. The molecule has 1 rings (SSSR count). The molecule has 0 bridgehead atoms. The zero-order chi connectivity index (χ0) is 22.8. The van der Waals surface area contributed by atoms with Crippen LogP contribution < -0.4 is 0 Å². The van der Waals surface area contributed by atoms with Crippen molar-refractivity contribution in [3.05, 3.63) is 46.5 Å². The number of hydrogen-bond acceptors (Lipinski definition) is 5. The normalized spacial score (nSPS) is 11.9. The first-order valence-corrected chi connectivity index (χ1v) is 13.2. The largest absolute Gasteiger partial charge is 0.296 e. The fourth-order valence-corrected chi connectivity index (χ4v) is 4.28. The van der Waals surface area contributed by atoms with Gasteiger partial charge in [0.05, 0.1) is 16.4 Å². The van der Waals surface area contributed by atoms with Crippen LogP contribution in [0.15, 0.2) is 41.3 Å². The Morgan fingerprint density at radius 2 is 1.29 bits per heavy atom. The molecule has 0 amide bonds. The fourth-order valence-electron chi connectivity index (χ4n) is 3.33. The van der Waals surface area contributed by atoms with Gasteiger partial charge < -0.3 is 0 Å². The Bertz CT molecular complexity index is 729. The van der Waals surface area contributed by atoms with Crippen molar-refractivity contribution in [2.45, 2.75) is 102 Å². The smallest absolute Gasteiger partial charge is 0.266 e. The van der Waals surface area contributed by atoms with Gasteiger partial charge >= 0.3 is 0 Å². The van der Waals surface area contributed by atoms with Gasteiger partial charge in [0.15, 0.2) is 0 Å². The number of rotatable bonds is 19. The maximum Gasteiger partial charge on any atom is 0.296 e. The topological polar surface area (TPSA) is 86.5 Å². The van der Waals surface area contributed by atoms with Crippen molar-refractivity contribution in [2.24, 2.45) is 0 Å². The number of non-ortho nitro benzene ring substituents is 1. The van der Waals surface area contributed by atoms with Gasteiger partial charge in [-0.2, -0.15) is 8.42 Å². The molecule has 6 nitrogen and oxygen atoms in total. The van der Waals surface area contributed by atoms with Crippen molar-refractivity contribution in [3.8, 4) is 0 Å². The van der Waals surface area contributed by atoms with Crippen molar-refractivity contribution in [3.63, 3.8) is 0 Å². The first-order valence-electron chi connectivity index (χ1n) is 11.8. The molecule has 0 aliphatic carbocycles. The second-order valence-electron chi connectivity index (χ2n) is 7.96. The van der Waals surface area contributed by atoms with Crippen LogP contribution in [0.5, 0.6) is 0 Å². The summed E-state index contributed by atoms with van der Waals surface area (Å²) in [7, 11) is -3.87. The lowest BCUT2D eigenvalue weighted by Gasteiger charge is -2.04. The Labute approximate surface area is 188 Å². The second-order valence-corrected chi connectivity index (χ2v) is 9.58. The number of hydrogen-bond donors (Lipinski definition) is 0. The van der Waals surface area contributed by atoms with E-state index in [9.17, 15) is 18.5 Å². The summed E-state index contributed by atoms with van der Waals surface area (Å²) in [6.45, 7) is 2.35. The van der Waals surface area contributed by atoms with Crippen LogP contribution in [0.3, 0.4) is 0 Å². The molecule has 176 valence electrons. The van der Waals surface area contributed by atoms with Crippen molar-refractivity contribution in [1.82, 2.24) is 0 Å². The van der Waals surface area contributed by atoms with Gasteiger partial charge in [0.1, 0.15) is 0 Å². The highest BCUT2D eigenvalue weighted by Crippen LogP contribution is 2.18. The van der Waals surface area contributed by atoms with Gasteiger partial charge in [-0.05, 0) is 37.8 Å². The zero-order valence-corrected chi connectivity index (χ0v) is 19.8. The summed E-state index contributed by atoms with van der Waals surface area (Å²) in [6.07, 6.45) is 21.5. The first kappa shape index (κ1) is 27.3. The minimum atomic E-state index is -3.87. The van der Waals surface area contributed by atoms with Crippen molar-refractivity contribution in [1.29, 1.82) is 0 Å². The molecule has 0 unspecified atom stereocenters. The van der Waals surface area contributed by atoms with Gasteiger partial charge in [-0.1, -0.05) is 83.3 Å². The molecule has 0 heterocycles. The number of nitro groups is 1. The summed E-state index contributed by atoms with van der Waals surface area (Å²) in [5.74, 6) is 0. The lowest BCUT2D eigenvalue weighted by atomic mass is 10.1. The van der Waals surface area contributed by atoms with E-state index in [4.69, 9.17) is 4.18 Å². The van der Waals surface area contributed by atoms with E-state index >= 15 is 0 Å². The van der Waals surface area contributed by atoms with Gasteiger partial charge in [0, 0.05) is 12.1 Å². The van der Waals surface area contributed by atoms with E-state index in [1.807, 2.05) is 0 Å². The van der Waals surface area contributed by atoms with Crippen LogP contribution in [0.4, 0.5) is 5.69 Å². The summed E-state index contributed by atoms with van der Waals surface area (Å²) in [4.78, 5) is 9.99. The minimum absolute atomic E-state index is 0.0647. The third-order valence-electron chi connectivity index (χ3n) is 5.23. The van der Waals surface area contributed by atoms with Crippen LogP contribution in [-0.2, 0) is 14.3 Å². The monoisotopic (exact) mass is 453 g/mol. The van der Waals surface area contributed by atoms with Gasteiger partial charge in [0.25, 0.3) is 15.8 Å². The maximum absolute atomic E-state index is 12.1. The van der Waals surface area contributed by atoms with E-state index in [0.29, 0.717) is 6.42 Å². The van der Waals surface area contributed by atoms with Crippen LogP contribution in [0.25, 0.3) is 0 Å². The molecular weight excluding hydrogens is 414 g/mol. The lowest BCUT2D eigenvalue weighted by Crippen LogP contribution is -2.07. The van der Waals surface area contributed by atoms with E-state index in [1.165, 1.54) is 82.8 Å².